The smallest absolute Gasteiger partial charge is 0.381 e. The van der Waals surface area contributed by atoms with Gasteiger partial charge in [-0.15, -0.1) is 22.7 Å². The first kappa shape index (κ1) is 47.9. The number of thiophene rings is 2. The number of hydroxylamine groups is 2. The minimum absolute atomic E-state index is 0.0152. The SMILES string of the molecule is O=C(NO)C1(S(=O)(=O)c2ccc(-c3ccc(C(F)(F)F)cn3)s2)CCOCC1.O=C(NO)C1(S(=O)(=O)c2ccc(-c3ccc(CCC(F)(F)C(F)(F)F)cn3)s2)CCOCC1. The van der Waals surface area contributed by atoms with Crippen molar-refractivity contribution in [3.8, 4) is 21.1 Å². The topological polar surface area (TPSA) is 211 Å². The molecule has 4 N–H and O–H groups in total. The molecule has 0 aromatic carbocycles. The molecule has 6 rings (SSSR count). The molecule has 0 aliphatic carbocycles. The summed E-state index contributed by atoms with van der Waals surface area (Å²) < 4.78 is 160. The number of nitrogens with one attached hydrogen (secondary N) is 2. The van der Waals surface area contributed by atoms with E-state index in [0.717, 1.165) is 41.0 Å². The van der Waals surface area contributed by atoms with Crippen molar-refractivity contribution in [1.82, 2.24) is 20.9 Å². The van der Waals surface area contributed by atoms with Crippen LogP contribution in [0.2, 0.25) is 0 Å². The van der Waals surface area contributed by atoms with Gasteiger partial charge in [0.1, 0.15) is 8.42 Å². The number of rotatable bonds is 11. The third-order valence-electron chi connectivity index (χ3n) is 9.92. The molecule has 6 heterocycles. The summed E-state index contributed by atoms with van der Waals surface area (Å²) in [4.78, 5) is 33.0. The highest BCUT2D eigenvalue weighted by Crippen LogP contribution is 2.43. The van der Waals surface area contributed by atoms with E-state index >= 15 is 0 Å². The Balaban J connectivity index is 0.000000234. The van der Waals surface area contributed by atoms with E-state index in [4.69, 9.17) is 19.9 Å². The summed E-state index contributed by atoms with van der Waals surface area (Å²) in [7, 11) is -8.42. The highest BCUT2D eigenvalue weighted by Gasteiger charge is 2.57. The van der Waals surface area contributed by atoms with Crippen LogP contribution in [0.1, 0.15) is 43.2 Å². The number of pyridine rings is 2. The first-order valence-corrected chi connectivity index (χ1v) is 22.2. The molecule has 0 radical (unpaired) electrons. The van der Waals surface area contributed by atoms with Gasteiger partial charge in [-0.1, -0.05) is 6.07 Å². The van der Waals surface area contributed by atoms with Crippen LogP contribution in [0, 0.1) is 0 Å². The fourth-order valence-corrected chi connectivity index (χ4v) is 13.4. The van der Waals surface area contributed by atoms with Gasteiger partial charge in [-0.2, -0.15) is 35.1 Å². The van der Waals surface area contributed by atoms with Crippen molar-refractivity contribution in [1.29, 1.82) is 0 Å². The summed E-state index contributed by atoms with van der Waals surface area (Å²) in [5.41, 5.74) is 2.54. The summed E-state index contributed by atoms with van der Waals surface area (Å²) >= 11 is 1.61. The standard InChI is InChI=1S/C19H19F5N2O5S2.C16H15F3N2O5S2/c20-18(21,19(22,23)24)6-5-12-1-2-13(25-11-12)14-3-4-15(32-14)33(29,30)17(16(27)26-28)7-9-31-10-8-17;17-16(18,19)10-1-2-11(20-9-10)12-3-4-13(27-12)28(24,25)15(14(22)21-23)5-7-26-8-6-15/h1-4,11,28H,5-10H2,(H,26,27);1-4,9,23H,5-8H2,(H,21,22). The Labute approximate surface area is 349 Å². The third kappa shape index (κ3) is 9.74. The second-order valence-electron chi connectivity index (χ2n) is 13.5. The van der Waals surface area contributed by atoms with E-state index < -0.39 is 77.7 Å². The minimum atomic E-state index is -5.63. The number of aryl methyl sites for hydroxylation is 1. The number of sulfone groups is 2. The first-order chi connectivity index (χ1) is 28.5. The monoisotopic (exact) mass is 950 g/mol. The van der Waals surface area contributed by atoms with Gasteiger partial charge in [0, 0.05) is 45.2 Å². The fraction of sp³-hybridized carbons (Fsp3) is 0.429. The van der Waals surface area contributed by atoms with Crippen LogP contribution in [-0.4, -0.2) is 97.1 Å². The predicted molar refractivity (Wildman–Crippen MR) is 199 cm³/mol. The molecule has 0 atom stereocenters. The van der Waals surface area contributed by atoms with Crippen molar-refractivity contribution in [3.63, 3.8) is 0 Å². The Bertz CT molecular complexity index is 2390. The van der Waals surface area contributed by atoms with Crippen LogP contribution in [0.4, 0.5) is 35.1 Å². The van der Waals surface area contributed by atoms with Gasteiger partial charge in [-0.05, 0) is 80.1 Å². The average molecular weight is 951 g/mol. The highest BCUT2D eigenvalue weighted by atomic mass is 32.2. The summed E-state index contributed by atoms with van der Waals surface area (Å²) in [6.07, 6.45) is -10.9. The molecule has 2 amide bonds. The van der Waals surface area contributed by atoms with Crippen molar-refractivity contribution >= 4 is 54.2 Å². The van der Waals surface area contributed by atoms with Crippen LogP contribution in [-0.2, 0) is 51.3 Å². The number of carbonyl (C=O) groups is 2. The van der Waals surface area contributed by atoms with Gasteiger partial charge in [0.15, 0.2) is 9.49 Å². The summed E-state index contributed by atoms with van der Waals surface area (Å²) in [5.74, 6) is -6.92. The zero-order valence-electron chi connectivity index (χ0n) is 31.1. The van der Waals surface area contributed by atoms with Crippen LogP contribution < -0.4 is 11.0 Å². The zero-order valence-corrected chi connectivity index (χ0v) is 34.3. The summed E-state index contributed by atoms with van der Waals surface area (Å²) in [6.45, 7) is 0.0965. The zero-order chi connectivity index (χ0) is 45.1. The molecule has 14 nitrogen and oxygen atoms in total. The van der Waals surface area contributed by atoms with Gasteiger partial charge < -0.3 is 9.47 Å². The molecule has 2 aliphatic heterocycles. The Morgan fingerprint density at radius 2 is 1.08 bits per heavy atom. The van der Waals surface area contributed by atoms with E-state index in [-0.39, 0.29) is 77.5 Å². The van der Waals surface area contributed by atoms with E-state index in [1.165, 1.54) is 47.4 Å². The second kappa shape index (κ2) is 18.3. The maximum atomic E-state index is 13.3. The maximum absolute atomic E-state index is 13.3. The van der Waals surface area contributed by atoms with Crippen molar-refractivity contribution < 1.29 is 81.4 Å². The molecule has 0 saturated carbocycles. The number of halogens is 8. The van der Waals surface area contributed by atoms with Crippen LogP contribution in [0.15, 0.2) is 69.3 Å². The summed E-state index contributed by atoms with van der Waals surface area (Å²) in [6, 6.07) is 10.1. The Kier molecular flexibility index (Phi) is 14.3. The number of carbonyl (C=O) groups excluding carboxylic acids is 2. The van der Waals surface area contributed by atoms with Crippen LogP contribution >= 0.6 is 22.7 Å². The molecule has 0 bridgehead atoms. The van der Waals surface area contributed by atoms with Crippen LogP contribution in [0.25, 0.3) is 21.1 Å². The lowest BCUT2D eigenvalue weighted by molar-refractivity contribution is -0.284. The number of nitrogens with zero attached hydrogens (tertiary/aromatic N) is 2. The fourth-order valence-electron chi connectivity index (χ4n) is 6.30. The molecule has 4 aromatic heterocycles. The molecule has 61 heavy (non-hydrogen) atoms. The van der Waals surface area contributed by atoms with E-state index in [1.54, 1.807) is 0 Å². The molecule has 4 aromatic rings. The molecule has 334 valence electrons. The molecular weight excluding hydrogens is 917 g/mol. The third-order valence-corrected chi connectivity index (χ3v) is 18.1. The predicted octanol–water partition coefficient (Wildman–Crippen LogP) is 6.43. The van der Waals surface area contributed by atoms with Gasteiger partial charge >= 0.3 is 18.3 Å². The lowest BCUT2D eigenvalue weighted by Crippen LogP contribution is -2.54. The average Bonchev–Trinajstić information content (AvgIpc) is 3.95. The quantitative estimate of drug-likeness (QED) is 0.0729. The normalized spacial score (nSPS) is 17.1. The Morgan fingerprint density at radius 3 is 1.43 bits per heavy atom. The number of aromatic nitrogens is 2. The van der Waals surface area contributed by atoms with E-state index in [1.807, 2.05) is 0 Å². The van der Waals surface area contributed by atoms with Gasteiger partial charge in [0.2, 0.25) is 19.7 Å². The summed E-state index contributed by atoms with van der Waals surface area (Å²) in [5, 5.41) is 18.1. The first-order valence-electron chi connectivity index (χ1n) is 17.6. The van der Waals surface area contributed by atoms with Crippen molar-refractivity contribution in [2.24, 2.45) is 0 Å². The lowest BCUT2D eigenvalue weighted by Gasteiger charge is -2.33. The largest absolute Gasteiger partial charge is 0.453 e. The van der Waals surface area contributed by atoms with Crippen molar-refractivity contribution in [2.45, 2.75) is 74.7 Å². The second-order valence-corrected chi connectivity index (χ2v) is 20.7. The van der Waals surface area contributed by atoms with Crippen molar-refractivity contribution in [3.05, 3.63) is 72.1 Å². The Hall–Kier alpha value is -4.18. The van der Waals surface area contributed by atoms with Gasteiger partial charge in [0.25, 0.3) is 11.8 Å². The maximum Gasteiger partial charge on any atom is 0.453 e. The van der Waals surface area contributed by atoms with Crippen LogP contribution in [0.3, 0.4) is 0 Å². The molecular formula is C35H34F8N4O10S4. The molecule has 2 aliphatic rings. The van der Waals surface area contributed by atoms with Crippen molar-refractivity contribution in [2.75, 3.05) is 26.4 Å². The number of hydrogen-bond donors (Lipinski definition) is 4. The molecule has 2 saturated heterocycles. The number of hydrogen-bond acceptors (Lipinski definition) is 14. The van der Waals surface area contributed by atoms with E-state index in [9.17, 15) is 61.5 Å². The minimum Gasteiger partial charge on any atom is -0.381 e. The van der Waals surface area contributed by atoms with E-state index in [2.05, 4.69) is 9.97 Å². The molecule has 26 heteroatoms. The van der Waals surface area contributed by atoms with E-state index in [0.29, 0.717) is 16.0 Å². The number of ether oxygens (including phenoxy) is 2. The molecule has 2 fully saturated rings. The van der Waals surface area contributed by atoms with Gasteiger partial charge in [-0.3, -0.25) is 30.0 Å². The van der Waals surface area contributed by atoms with Crippen LogP contribution in [0.5, 0.6) is 0 Å². The number of amides is 2. The van der Waals surface area contributed by atoms with Gasteiger partial charge in [0.05, 0.1) is 26.7 Å². The lowest BCUT2D eigenvalue weighted by atomic mass is 9.98. The number of alkyl halides is 8. The highest BCUT2D eigenvalue weighted by molar-refractivity contribution is 7.96. The molecule has 0 unspecified atom stereocenters. The molecule has 0 spiro atoms. The van der Waals surface area contributed by atoms with Gasteiger partial charge in [-0.25, -0.2) is 27.8 Å². The Morgan fingerprint density at radius 1 is 0.656 bits per heavy atom.